The standard InChI is InChI=1S/C7H11ClO3/c1-3-7(8,11)4-5(2)6(9)10/h4,11H,3H2,1-2H3,(H,9,10). The van der Waals surface area contributed by atoms with Gasteiger partial charge in [0.05, 0.1) is 0 Å². The van der Waals surface area contributed by atoms with E-state index in [2.05, 4.69) is 0 Å². The zero-order valence-corrected chi connectivity index (χ0v) is 7.22. The molecule has 0 saturated heterocycles. The highest BCUT2D eigenvalue weighted by molar-refractivity contribution is 6.24. The average molecular weight is 179 g/mol. The van der Waals surface area contributed by atoms with Crippen LogP contribution in [0.1, 0.15) is 20.3 Å². The van der Waals surface area contributed by atoms with Gasteiger partial charge in [0.15, 0.2) is 5.06 Å². The third kappa shape index (κ3) is 4.01. The number of alkyl halides is 1. The molecular weight excluding hydrogens is 168 g/mol. The summed E-state index contributed by atoms with van der Waals surface area (Å²) in [7, 11) is 0. The molecule has 0 heterocycles. The van der Waals surface area contributed by atoms with E-state index < -0.39 is 11.0 Å². The van der Waals surface area contributed by atoms with E-state index in [1.807, 2.05) is 0 Å². The first kappa shape index (κ1) is 10.5. The lowest BCUT2D eigenvalue weighted by Crippen LogP contribution is -2.17. The van der Waals surface area contributed by atoms with E-state index in [0.29, 0.717) is 0 Å². The summed E-state index contributed by atoms with van der Waals surface area (Å²) in [6.07, 6.45) is 1.40. The summed E-state index contributed by atoms with van der Waals surface area (Å²) in [5, 5.41) is 16.0. The highest BCUT2D eigenvalue weighted by Gasteiger charge is 2.18. The number of aliphatic carboxylic acids is 1. The van der Waals surface area contributed by atoms with Crippen molar-refractivity contribution < 1.29 is 15.0 Å². The molecule has 1 atom stereocenters. The molecule has 4 heteroatoms. The molecule has 2 N–H and O–H groups in total. The second-order valence-corrected chi connectivity index (χ2v) is 2.96. The number of halogens is 1. The van der Waals surface area contributed by atoms with Crippen LogP contribution in [0.4, 0.5) is 0 Å². The van der Waals surface area contributed by atoms with Crippen molar-refractivity contribution in [2.45, 2.75) is 25.3 Å². The van der Waals surface area contributed by atoms with Crippen LogP contribution in [0.2, 0.25) is 0 Å². The lowest BCUT2D eigenvalue weighted by atomic mass is 10.2. The third-order valence-corrected chi connectivity index (χ3v) is 1.65. The molecule has 64 valence electrons. The number of hydrogen-bond donors (Lipinski definition) is 2. The van der Waals surface area contributed by atoms with Crippen LogP contribution in [-0.2, 0) is 4.79 Å². The van der Waals surface area contributed by atoms with Crippen molar-refractivity contribution >= 4 is 17.6 Å². The van der Waals surface area contributed by atoms with Gasteiger partial charge < -0.3 is 10.2 Å². The van der Waals surface area contributed by atoms with Gasteiger partial charge in [-0.05, 0) is 19.4 Å². The number of carboxylic acids is 1. The van der Waals surface area contributed by atoms with Gasteiger partial charge in [-0.25, -0.2) is 4.79 Å². The quantitative estimate of drug-likeness (QED) is 0.507. The molecule has 0 fully saturated rings. The lowest BCUT2D eigenvalue weighted by molar-refractivity contribution is -0.132. The van der Waals surface area contributed by atoms with Crippen molar-refractivity contribution in [3.63, 3.8) is 0 Å². The second-order valence-electron chi connectivity index (χ2n) is 2.30. The van der Waals surface area contributed by atoms with Crippen LogP contribution in [-0.4, -0.2) is 21.2 Å². The Bertz CT molecular complexity index is 184. The fourth-order valence-corrected chi connectivity index (χ4v) is 0.659. The van der Waals surface area contributed by atoms with Gasteiger partial charge in [-0.3, -0.25) is 0 Å². The highest BCUT2D eigenvalue weighted by Crippen LogP contribution is 2.18. The summed E-state index contributed by atoms with van der Waals surface area (Å²) in [5.41, 5.74) is 0.0457. The molecule has 0 aromatic heterocycles. The maximum Gasteiger partial charge on any atom is 0.331 e. The molecule has 0 bridgehead atoms. The largest absolute Gasteiger partial charge is 0.478 e. The van der Waals surface area contributed by atoms with Crippen molar-refractivity contribution in [3.05, 3.63) is 11.6 Å². The molecule has 0 aromatic rings. The predicted molar refractivity (Wildman–Crippen MR) is 42.5 cm³/mol. The Kier molecular flexibility index (Phi) is 3.55. The summed E-state index contributed by atoms with van der Waals surface area (Å²) >= 11 is 5.48. The van der Waals surface area contributed by atoms with Gasteiger partial charge in [-0.2, -0.15) is 0 Å². The Balaban J connectivity index is 4.41. The van der Waals surface area contributed by atoms with Gasteiger partial charge in [0.1, 0.15) is 0 Å². The van der Waals surface area contributed by atoms with Gasteiger partial charge in [0, 0.05) is 5.57 Å². The lowest BCUT2D eigenvalue weighted by Gasteiger charge is -2.13. The van der Waals surface area contributed by atoms with E-state index in [1.165, 1.54) is 6.92 Å². The summed E-state index contributed by atoms with van der Waals surface area (Å²) in [4.78, 5) is 10.3. The number of hydrogen-bond acceptors (Lipinski definition) is 2. The Morgan fingerprint density at radius 1 is 1.73 bits per heavy atom. The maximum atomic E-state index is 10.3. The van der Waals surface area contributed by atoms with E-state index in [9.17, 15) is 4.79 Å². The first-order valence-electron chi connectivity index (χ1n) is 3.23. The van der Waals surface area contributed by atoms with Gasteiger partial charge in [-0.15, -0.1) is 0 Å². The molecule has 1 unspecified atom stereocenters. The fraction of sp³-hybridized carbons (Fsp3) is 0.571. The van der Waals surface area contributed by atoms with Crippen LogP contribution in [0.5, 0.6) is 0 Å². The second kappa shape index (κ2) is 3.74. The van der Waals surface area contributed by atoms with Crippen LogP contribution < -0.4 is 0 Å². The molecule has 0 aliphatic heterocycles. The van der Waals surface area contributed by atoms with Crippen LogP contribution in [0.15, 0.2) is 11.6 Å². The number of carbonyl (C=O) groups is 1. The van der Waals surface area contributed by atoms with Crippen molar-refractivity contribution in [3.8, 4) is 0 Å². The first-order valence-corrected chi connectivity index (χ1v) is 3.61. The van der Waals surface area contributed by atoms with Crippen molar-refractivity contribution in [1.29, 1.82) is 0 Å². The average Bonchev–Trinajstić information content (AvgIpc) is 1.87. The Labute approximate surface area is 70.3 Å². The number of carboxylic acid groups (broad SMARTS) is 1. The van der Waals surface area contributed by atoms with E-state index >= 15 is 0 Å². The predicted octanol–water partition coefficient (Wildman–Crippen LogP) is 1.35. The third-order valence-electron chi connectivity index (χ3n) is 1.27. The van der Waals surface area contributed by atoms with Gasteiger partial charge >= 0.3 is 5.97 Å². The molecule has 11 heavy (non-hydrogen) atoms. The summed E-state index contributed by atoms with van der Waals surface area (Å²) in [5.74, 6) is -1.07. The van der Waals surface area contributed by atoms with Crippen LogP contribution in [0.25, 0.3) is 0 Å². The van der Waals surface area contributed by atoms with Gasteiger partial charge in [0.25, 0.3) is 0 Å². The van der Waals surface area contributed by atoms with E-state index in [0.717, 1.165) is 6.08 Å². The normalized spacial score (nSPS) is 17.6. The van der Waals surface area contributed by atoms with E-state index in [4.69, 9.17) is 21.8 Å². The van der Waals surface area contributed by atoms with Crippen molar-refractivity contribution in [1.82, 2.24) is 0 Å². The van der Waals surface area contributed by atoms with Crippen LogP contribution in [0, 0.1) is 0 Å². The Morgan fingerprint density at radius 3 is 2.45 bits per heavy atom. The molecule has 0 aliphatic rings. The van der Waals surface area contributed by atoms with Crippen LogP contribution in [0.3, 0.4) is 0 Å². The zero-order valence-electron chi connectivity index (χ0n) is 6.47. The van der Waals surface area contributed by atoms with Gasteiger partial charge in [0.2, 0.25) is 0 Å². The SMILES string of the molecule is CCC(O)(Cl)C=C(C)C(=O)O. The molecule has 0 saturated carbocycles. The van der Waals surface area contributed by atoms with Crippen molar-refractivity contribution in [2.24, 2.45) is 0 Å². The molecule has 3 nitrogen and oxygen atoms in total. The molecule has 0 aliphatic carbocycles. The van der Waals surface area contributed by atoms with E-state index in [-0.39, 0.29) is 12.0 Å². The highest BCUT2D eigenvalue weighted by atomic mass is 35.5. The molecule has 0 radical (unpaired) electrons. The topological polar surface area (TPSA) is 57.5 Å². The minimum Gasteiger partial charge on any atom is -0.478 e. The number of rotatable bonds is 3. The summed E-state index contributed by atoms with van der Waals surface area (Å²) in [6.45, 7) is 3.05. The molecule has 0 aromatic carbocycles. The van der Waals surface area contributed by atoms with Crippen LogP contribution >= 0.6 is 11.6 Å². The smallest absolute Gasteiger partial charge is 0.331 e. The maximum absolute atomic E-state index is 10.3. The van der Waals surface area contributed by atoms with Crippen molar-refractivity contribution in [2.75, 3.05) is 0 Å². The number of aliphatic hydroxyl groups is 1. The monoisotopic (exact) mass is 178 g/mol. The first-order chi connectivity index (χ1) is 4.89. The summed E-state index contributed by atoms with van der Waals surface area (Å²) < 4.78 is 0. The van der Waals surface area contributed by atoms with Gasteiger partial charge in [-0.1, -0.05) is 18.5 Å². The molecule has 0 amide bonds. The molecular formula is C7H11ClO3. The minimum atomic E-state index is -1.53. The Hall–Kier alpha value is -0.540. The van der Waals surface area contributed by atoms with E-state index in [1.54, 1.807) is 6.92 Å². The molecule has 0 rings (SSSR count). The zero-order chi connectivity index (χ0) is 9.07. The minimum absolute atomic E-state index is 0.0457. The Morgan fingerprint density at radius 2 is 2.18 bits per heavy atom. The molecule has 0 spiro atoms. The fourth-order valence-electron chi connectivity index (χ4n) is 0.496. The summed E-state index contributed by atoms with van der Waals surface area (Å²) in [6, 6.07) is 0.